The minimum Gasteiger partial charge on any atom is -0.480 e. The number of carbonyl (C=O) groups is 2. The van der Waals surface area contributed by atoms with Crippen LogP contribution in [0.1, 0.15) is 26.2 Å². The van der Waals surface area contributed by atoms with Gasteiger partial charge in [-0.25, -0.2) is 4.79 Å². The Kier molecular flexibility index (Phi) is 3.09. The van der Waals surface area contributed by atoms with Gasteiger partial charge in [-0.3, -0.25) is 4.79 Å². The summed E-state index contributed by atoms with van der Waals surface area (Å²) >= 11 is 0. The van der Waals surface area contributed by atoms with Crippen molar-refractivity contribution in [1.29, 1.82) is 0 Å². The van der Waals surface area contributed by atoms with Crippen molar-refractivity contribution in [2.24, 2.45) is 0 Å². The summed E-state index contributed by atoms with van der Waals surface area (Å²) in [7, 11) is 0. The zero-order valence-electron chi connectivity index (χ0n) is 9.76. The van der Waals surface area contributed by atoms with Gasteiger partial charge in [0.1, 0.15) is 11.6 Å². The molecule has 2 fully saturated rings. The molecular weight excluding hydrogens is 226 g/mol. The number of hydrogen-bond acceptors (Lipinski definition) is 4. The number of carbonyl (C=O) groups excluding carboxylic acids is 1. The Morgan fingerprint density at radius 1 is 1.47 bits per heavy atom. The minimum absolute atomic E-state index is 0.0781. The number of ether oxygens (including phenoxy) is 1. The number of aliphatic hydroxyl groups is 1. The number of aliphatic carboxylic acids is 1. The van der Waals surface area contributed by atoms with Crippen LogP contribution in [-0.4, -0.2) is 57.9 Å². The Balaban J connectivity index is 2.15. The molecule has 0 saturated carbocycles. The quantitative estimate of drug-likeness (QED) is 0.689. The molecule has 17 heavy (non-hydrogen) atoms. The molecule has 2 rings (SSSR count). The van der Waals surface area contributed by atoms with Gasteiger partial charge < -0.3 is 19.8 Å². The van der Waals surface area contributed by atoms with Gasteiger partial charge in [0.2, 0.25) is 0 Å². The first kappa shape index (κ1) is 12.3. The smallest absolute Gasteiger partial charge is 0.326 e. The zero-order chi connectivity index (χ0) is 12.6. The normalized spacial score (nSPS) is 37.4. The number of carboxylic acid groups (broad SMARTS) is 1. The highest BCUT2D eigenvalue weighted by atomic mass is 16.5. The fourth-order valence-electron chi connectivity index (χ4n) is 2.52. The zero-order valence-corrected chi connectivity index (χ0v) is 9.76. The lowest BCUT2D eigenvalue weighted by Crippen LogP contribution is -2.51. The molecule has 0 aromatic rings. The van der Waals surface area contributed by atoms with Gasteiger partial charge in [0.05, 0.1) is 6.10 Å². The SMILES string of the molecule is CC1(C(=O)N2CC(O)C[C@H]2C(=O)O)CCCO1. The lowest BCUT2D eigenvalue weighted by molar-refractivity contribution is -0.158. The molecule has 2 heterocycles. The number of β-amino-alcohol motifs (C(OH)–C–C–N with tert-alkyl or cyclic N) is 1. The topological polar surface area (TPSA) is 87.1 Å². The van der Waals surface area contributed by atoms with Crippen LogP contribution in [-0.2, 0) is 14.3 Å². The van der Waals surface area contributed by atoms with Crippen molar-refractivity contribution in [3.63, 3.8) is 0 Å². The van der Waals surface area contributed by atoms with Gasteiger partial charge in [0, 0.05) is 19.6 Å². The van der Waals surface area contributed by atoms with Crippen molar-refractivity contribution in [3.8, 4) is 0 Å². The van der Waals surface area contributed by atoms with E-state index in [0.717, 1.165) is 6.42 Å². The van der Waals surface area contributed by atoms with Gasteiger partial charge in [-0.2, -0.15) is 0 Å². The van der Waals surface area contributed by atoms with Gasteiger partial charge in [0.15, 0.2) is 0 Å². The fraction of sp³-hybridized carbons (Fsp3) is 0.818. The Morgan fingerprint density at radius 2 is 2.18 bits per heavy atom. The van der Waals surface area contributed by atoms with E-state index in [9.17, 15) is 14.7 Å². The first-order valence-electron chi connectivity index (χ1n) is 5.80. The minimum atomic E-state index is -1.07. The third kappa shape index (κ3) is 2.14. The fourth-order valence-corrected chi connectivity index (χ4v) is 2.52. The van der Waals surface area contributed by atoms with E-state index in [2.05, 4.69) is 0 Å². The van der Waals surface area contributed by atoms with Crippen LogP contribution in [0.15, 0.2) is 0 Å². The standard InChI is InChI=1S/C11H17NO5/c1-11(3-2-4-17-11)10(16)12-6-7(13)5-8(12)9(14)15/h7-8,13H,2-6H2,1H3,(H,14,15)/t7?,8-,11?/m0/s1. The summed E-state index contributed by atoms with van der Waals surface area (Å²) in [6.07, 6.45) is 0.739. The number of aliphatic hydroxyl groups excluding tert-OH is 1. The van der Waals surface area contributed by atoms with Crippen molar-refractivity contribution in [1.82, 2.24) is 4.90 Å². The highest BCUT2D eigenvalue weighted by molar-refractivity contribution is 5.90. The van der Waals surface area contributed by atoms with Crippen LogP contribution in [0.25, 0.3) is 0 Å². The molecule has 0 bridgehead atoms. The predicted octanol–water partition coefficient (Wildman–Crippen LogP) is -0.398. The molecule has 0 aliphatic carbocycles. The Hall–Kier alpha value is -1.14. The third-order valence-corrected chi connectivity index (χ3v) is 3.50. The van der Waals surface area contributed by atoms with Crippen LogP contribution in [0.4, 0.5) is 0 Å². The summed E-state index contributed by atoms with van der Waals surface area (Å²) in [5, 5.41) is 18.5. The van der Waals surface area contributed by atoms with Crippen molar-refractivity contribution >= 4 is 11.9 Å². The molecule has 2 saturated heterocycles. The van der Waals surface area contributed by atoms with Gasteiger partial charge in [-0.05, 0) is 19.8 Å². The van der Waals surface area contributed by atoms with Crippen LogP contribution >= 0.6 is 0 Å². The van der Waals surface area contributed by atoms with E-state index in [4.69, 9.17) is 9.84 Å². The van der Waals surface area contributed by atoms with E-state index >= 15 is 0 Å². The van der Waals surface area contributed by atoms with E-state index in [-0.39, 0.29) is 18.9 Å². The monoisotopic (exact) mass is 243 g/mol. The first-order chi connectivity index (χ1) is 7.94. The second kappa shape index (κ2) is 4.27. The molecule has 0 aromatic heterocycles. The molecule has 96 valence electrons. The molecular formula is C11H17NO5. The maximum Gasteiger partial charge on any atom is 0.326 e. The van der Waals surface area contributed by atoms with Crippen molar-refractivity contribution in [3.05, 3.63) is 0 Å². The average Bonchev–Trinajstić information content (AvgIpc) is 2.84. The van der Waals surface area contributed by atoms with Crippen molar-refractivity contribution in [2.45, 2.75) is 43.9 Å². The summed E-state index contributed by atoms with van der Waals surface area (Å²) in [4.78, 5) is 24.5. The highest BCUT2D eigenvalue weighted by Gasteiger charge is 2.47. The predicted molar refractivity (Wildman–Crippen MR) is 57.4 cm³/mol. The number of rotatable bonds is 2. The van der Waals surface area contributed by atoms with E-state index in [0.29, 0.717) is 13.0 Å². The van der Waals surface area contributed by atoms with Gasteiger partial charge in [0.25, 0.3) is 5.91 Å². The molecule has 2 aliphatic rings. The maximum atomic E-state index is 12.3. The van der Waals surface area contributed by atoms with E-state index in [1.54, 1.807) is 6.92 Å². The summed E-state index contributed by atoms with van der Waals surface area (Å²) in [6, 6.07) is -0.932. The first-order valence-corrected chi connectivity index (χ1v) is 5.80. The number of carboxylic acids is 1. The largest absolute Gasteiger partial charge is 0.480 e. The molecule has 0 aromatic carbocycles. The molecule has 2 unspecified atom stereocenters. The van der Waals surface area contributed by atoms with Gasteiger partial charge in [-0.1, -0.05) is 0 Å². The summed E-state index contributed by atoms with van der Waals surface area (Å²) in [6.45, 7) is 2.29. The molecule has 2 N–H and O–H groups in total. The molecule has 6 nitrogen and oxygen atoms in total. The van der Waals surface area contributed by atoms with Gasteiger partial charge in [-0.15, -0.1) is 0 Å². The number of amides is 1. The summed E-state index contributed by atoms with van der Waals surface area (Å²) < 4.78 is 5.41. The van der Waals surface area contributed by atoms with Crippen LogP contribution in [0.2, 0.25) is 0 Å². The molecule has 3 atom stereocenters. The second-order valence-corrected chi connectivity index (χ2v) is 4.88. The molecule has 0 spiro atoms. The van der Waals surface area contributed by atoms with Crippen LogP contribution in [0, 0.1) is 0 Å². The molecule has 1 amide bonds. The van der Waals surface area contributed by atoms with Crippen LogP contribution < -0.4 is 0 Å². The Bertz CT molecular complexity index is 337. The Morgan fingerprint density at radius 3 is 2.71 bits per heavy atom. The second-order valence-electron chi connectivity index (χ2n) is 4.88. The Labute approximate surface area is 99.2 Å². The number of likely N-dealkylation sites (tertiary alicyclic amines) is 1. The lowest BCUT2D eigenvalue weighted by Gasteiger charge is -2.30. The van der Waals surface area contributed by atoms with Crippen molar-refractivity contribution < 1.29 is 24.5 Å². The molecule has 6 heteroatoms. The number of nitrogens with zero attached hydrogens (tertiary/aromatic N) is 1. The van der Waals surface area contributed by atoms with Crippen LogP contribution in [0.5, 0.6) is 0 Å². The van der Waals surface area contributed by atoms with Crippen molar-refractivity contribution in [2.75, 3.05) is 13.2 Å². The third-order valence-electron chi connectivity index (χ3n) is 3.50. The number of hydrogen-bond donors (Lipinski definition) is 2. The maximum absolute atomic E-state index is 12.3. The van der Waals surface area contributed by atoms with E-state index < -0.39 is 23.7 Å². The molecule has 2 aliphatic heterocycles. The van der Waals surface area contributed by atoms with E-state index in [1.165, 1.54) is 4.90 Å². The average molecular weight is 243 g/mol. The van der Waals surface area contributed by atoms with Gasteiger partial charge >= 0.3 is 5.97 Å². The summed E-state index contributed by atoms with van der Waals surface area (Å²) in [5.74, 6) is -1.39. The summed E-state index contributed by atoms with van der Waals surface area (Å²) in [5.41, 5.74) is -0.919. The molecule has 0 radical (unpaired) electrons. The van der Waals surface area contributed by atoms with E-state index in [1.807, 2.05) is 0 Å². The van der Waals surface area contributed by atoms with Crippen LogP contribution in [0.3, 0.4) is 0 Å². The highest BCUT2D eigenvalue weighted by Crippen LogP contribution is 2.30. The lowest BCUT2D eigenvalue weighted by atomic mass is 10.0.